The Kier molecular flexibility index (Phi) is 6.34. The minimum absolute atomic E-state index is 0.00808. The Labute approximate surface area is 182 Å². The number of carboxylic acid groups (broad SMARTS) is 1. The highest BCUT2D eigenvalue weighted by Crippen LogP contribution is 2.39. The highest BCUT2D eigenvalue weighted by Gasteiger charge is 2.37. The van der Waals surface area contributed by atoms with Crippen LogP contribution in [0.25, 0.3) is 17.4 Å². The number of hydrogen-bond donors (Lipinski definition) is 2. The number of hydrogen-bond acceptors (Lipinski definition) is 3. The summed E-state index contributed by atoms with van der Waals surface area (Å²) < 4.78 is 83.6. The van der Waals surface area contributed by atoms with Gasteiger partial charge in [-0.25, -0.2) is 4.79 Å². The second-order valence-corrected chi connectivity index (χ2v) is 6.71. The number of carboxylic acids is 1. The molecule has 11 heteroatoms. The third-order valence-electron chi connectivity index (χ3n) is 4.26. The molecule has 0 aliphatic carbocycles. The van der Waals surface area contributed by atoms with E-state index < -0.39 is 40.9 Å². The molecule has 1 amide bonds. The molecule has 2 N–H and O–H groups in total. The summed E-state index contributed by atoms with van der Waals surface area (Å²) >= 11 is 0. The Hall–Kier alpha value is -4.02. The summed E-state index contributed by atoms with van der Waals surface area (Å²) in [5, 5.41) is 11.1. The Morgan fingerprint density at radius 1 is 0.879 bits per heavy atom. The summed E-state index contributed by atoms with van der Waals surface area (Å²) in [7, 11) is 0. The average molecular weight is 469 g/mol. The van der Waals surface area contributed by atoms with E-state index in [0.717, 1.165) is 18.2 Å². The molecule has 1 aromatic heterocycles. The van der Waals surface area contributed by atoms with Gasteiger partial charge in [-0.15, -0.1) is 0 Å². The first-order valence-corrected chi connectivity index (χ1v) is 9.05. The molecule has 3 rings (SSSR count). The highest BCUT2D eigenvalue weighted by molar-refractivity contribution is 6.02. The molecule has 0 spiro atoms. The van der Waals surface area contributed by atoms with Gasteiger partial charge in [-0.3, -0.25) is 4.79 Å². The van der Waals surface area contributed by atoms with Gasteiger partial charge in [-0.1, -0.05) is 12.1 Å². The number of alkyl halides is 6. The molecule has 33 heavy (non-hydrogen) atoms. The second kappa shape index (κ2) is 8.85. The minimum Gasteiger partial charge on any atom is -0.478 e. The average Bonchev–Trinajstić information content (AvgIpc) is 3.21. The van der Waals surface area contributed by atoms with Crippen molar-refractivity contribution in [1.29, 1.82) is 0 Å². The lowest BCUT2D eigenvalue weighted by atomic mass is 10.0. The van der Waals surface area contributed by atoms with Crippen LogP contribution in [0.5, 0.6) is 0 Å². The molecule has 0 saturated carbocycles. The third kappa shape index (κ3) is 6.03. The molecule has 0 fully saturated rings. The maximum atomic E-state index is 13.1. The fourth-order valence-corrected chi connectivity index (χ4v) is 2.79. The van der Waals surface area contributed by atoms with Gasteiger partial charge in [0, 0.05) is 17.3 Å². The Bertz CT molecular complexity index is 1190. The first-order chi connectivity index (χ1) is 15.3. The van der Waals surface area contributed by atoms with Crippen molar-refractivity contribution in [3.8, 4) is 11.3 Å². The number of anilines is 1. The van der Waals surface area contributed by atoms with Crippen LogP contribution < -0.4 is 5.32 Å². The van der Waals surface area contributed by atoms with Crippen LogP contribution in [0.2, 0.25) is 0 Å². The predicted molar refractivity (Wildman–Crippen MR) is 105 cm³/mol. The summed E-state index contributed by atoms with van der Waals surface area (Å²) in [6.45, 7) is 0. The van der Waals surface area contributed by atoms with Gasteiger partial charge < -0.3 is 14.8 Å². The first-order valence-electron chi connectivity index (χ1n) is 9.05. The predicted octanol–water partition coefficient (Wildman–Crippen LogP) is 6.33. The molecule has 5 nitrogen and oxygen atoms in total. The van der Waals surface area contributed by atoms with Gasteiger partial charge in [-0.05, 0) is 54.1 Å². The first kappa shape index (κ1) is 23.6. The van der Waals surface area contributed by atoms with Crippen molar-refractivity contribution in [2.45, 2.75) is 12.4 Å². The number of amides is 1. The van der Waals surface area contributed by atoms with Gasteiger partial charge in [0.15, 0.2) is 5.76 Å². The number of carbonyl (C=O) groups is 2. The molecular formula is C22H13F6NO4. The van der Waals surface area contributed by atoms with Crippen LogP contribution in [-0.4, -0.2) is 17.0 Å². The summed E-state index contributed by atoms with van der Waals surface area (Å²) in [5.41, 5.74) is -2.82. The second-order valence-electron chi connectivity index (χ2n) is 6.71. The van der Waals surface area contributed by atoms with Crippen LogP contribution in [0.1, 0.15) is 27.2 Å². The molecule has 1 heterocycles. The number of aliphatic carboxylic acids is 1. The molecule has 0 saturated heterocycles. The van der Waals surface area contributed by atoms with Gasteiger partial charge in [0.25, 0.3) is 5.91 Å². The van der Waals surface area contributed by atoms with Crippen LogP contribution in [0, 0.1) is 0 Å². The monoisotopic (exact) mass is 469 g/mol. The van der Waals surface area contributed by atoms with Crippen molar-refractivity contribution in [3.05, 3.63) is 83.1 Å². The molecule has 0 bridgehead atoms. The lowest BCUT2D eigenvalue weighted by Gasteiger charge is -2.13. The normalized spacial score (nSPS) is 12.2. The maximum Gasteiger partial charge on any atom is 0.416 e. The Morgan fingerprint density at radius 2 is 1.52 bits per heavy atom. The number of furan rings is 1. The van der Waals surface area contributed by atoms with E-state index in [4.69, 9.17) is 9.52 Å². The molecule has 0 radical (unpaired) electrons. The zero-order valence-electron chi connectivity index (χ0n) is 16.3. The molecule has 0 aliphatic heterocycles. The molecule has 2 aromatic carbocycles. The van der Waals surface area contributed by atoms with Gasteiger partial charge >= 0.3 is 18.3 Å². The summed E-state index contributed by atoms with van der Waals surface area (Å²) in [5.74, 6) is -2.71. The number of carbonyl (C=O) groups excluding carboxylic acids is 1. The van der Waals surface area contributed by atoms with Crippen molar-refractivity contribution >= 4 is 23.6 Å². The molecule has 172 valence electrons. The number of halogens is 6. The minimum atomic E-state index is -5.02. The summed E-state index contributed by atoms with van der Waals surface area (Å²) in [6, 6.07) is 9.21. The maximum absolute atomic E-state index is 13.1. The molecule has 3 aromatic rings. The number of nitrogens with one attached hydrogen (secondary N) is 1. The van der Waals surface area contributed by atoms with Crippen molar-refractivity contribution in [2.75, 3.05) is 5.32 Å². The van der Waals surface area contributed by atoms with E-state index in [1.165, 1.54) is 24.3 Å². The lowest BCUT2D eigenvalue weighted by molar-refractivity contribution is -0.143. The quantitative estimate of drug-likeness (QED) is 0.338. The van der Waals surface area contributed by atoms with Crippen LogP contribution in [0.4, 0.5) is 32.0 Å². The van der Waals surface area contributed by atoms with Crippen molar-refractivity contribution in [3.63, 3.8) is 0 Å². The van der Waals surface area contributed by atoms with Crippen LogP contribution >= 0.6 is 0 Å². The van der Waals surface area contributed by atoms with E-state index in [9.17, 15) is 35.9 Å². The fraction of sp³-hybridized carbons (Fsp3) is 0.0909. The smallest absolute Gasteiger partial charge is 0.416 e. The topological polar surface area (TPSA) is 79.5 Å². The Balaban J connectivity index is 1.87. The van der Waals surface area contributed by atoms with Gasteiger partial charge in [0.2, 0.25) is 0 Å². The van der Waals surface area contributed by atoms with Crippen LogP contribution in [0.3, 0.4) is 0 Å². The van der Waals surface area contributed by atoms with E-state index in [-0.39, 0.29) is 23.3 Å². The number of benzene rings is 2. The van der Waals surface area contributed by atoms with E-state index in [2.05, 4.69) is 5.32 Å². The molecule has 0 aliphatic rings. The van der Waals surface area contributed by atoms with Gasteiger partial charge in [-0.2, -0.15) is 26.3 Å². The lowest BCUT2D eigenvalue weighted by Crippen LogP contribution is -2.11. The van der Waals surface area contributed by atoms with Crippen molar-refractivity contribution < 1.29 is 45.5 Å². The SMILES string of the molecule is O=C(O)/C=C/c1cccc(NC(=O)c2ccc(-c3cc(C(F)(F)F)cc(C(F)(F)F)c3)o2)c1. The Morgan fingerprint density at radius 3 is 2.09 bits per heavy atom. The summed E-state index contributed by atoms with van der Waals surface area (Å²) in [6.07, 6.45) is -7.87. The standard InChI is InChI=1S/C22H13F6NO4/c23-21(24,25)14-9-13(10-15(11-14)22(26,27)28)17-5-6-18(33-17)20(32)29-16-3-1-2-12(8-16)4-7-19(30)31/h1-11H,(H,29,32)(H,30,31)/b7-4+. The third-order valence-corrected chi connectivity index (χ3v) is 4.26. The number of rotatable bonds is 5. The van der Waals surface area contributed by atoms with Gasteiger partial charge in [0.1, 0.15) is 5.76 Å². The zero-order valence-corrected chi connectivity index (χ0v) is 16.3. The molecule has 0 atom stereocenters. The van der Waals surface area contributed by atoms with Crippen molar-refractivity contribution in [1.82, 2.24) is 0 Å². The highest BCUT2D eigenvalue weighted by atomic mass is 19.4. The van der Waals surface area contributed by atoms with Crippen LogP contribution in [0.15, 0.2) is 65.1 Å². The van der Waals surface area contributed by atoms with E-state index in [1.807, 2.05) is 0 Å². The largest absolute Gasteiger partial charge is 0.478 e. The molecule has 0 unspecified atom stereocenters. The zero-order chi connectivity index (χ0) is 24.4. The van der Waals surface area contributed by atoms with Gasteiger partial charge in [0.05, 0.1) is 11.1 Å². The fourth-order valence-electron chi connectivity index (χ4n) is 2.79. The van der Waals surface area contributed by atoms with Crippen LogP contribution in [-0.2, 0) is 17.1 Å². The van der Waals surface area contributed by atoms with E-state index >= 15 is 0 Å². The van der Waals surface area contributed by atoms with Crippen molar-refractivity contribution in [2.24, 2.45) is 0 Å². The molecular weight excluding hydrogens is 456 g/mol. The van der Waals surface area contributed by atoms with E-state index in [0.29, 0.717) is 17.7 Å². The summed E-state index contributed by atoms with van der Waals surface area (Å²) in [4.78, 5) is 23.0. The van der Waals surface area contributed by atoms with E-state index in [1.54, 1.807) is 6.07 Å².